The summed E-state index contributed by atoms with van der Waals surface area (Å²) in [5, 5.41) is 11.3. The quantitative estimate of drug-likeness (QED) is 0.629. The zero-order valence-corrected chi connectivity index (χ0v) is 6.71. The SMILES string of the molecule is CC[NH+]([O-])Cc1ccccc1. The van der Waals surface area contributed by atoms with Crippen LogP contribution >= 0.6 is 0 Å². The minimum atomic E-state index is 0.302. The van der Waals surface area contributed by atoms with Gasteiger partial charge in [-0.15, -0.1) is 0 Å². The van der Waals surface area contributed by atoms with E-state index in [4.69, 9.17) is 0 Å². The highest BCUT2D eigenvalue weighted by molar-refractivity contribution is 5.13. The van der Waals surface area contributed by atoms with Crippen LogP contribution in [-0.2, 0) is 6.54 Å². The Morgan fingerprint density at radius 1 is 1.27 bits per heavy atom. The molecule has 1 rings (SSSR count). The Balaban J connectivity index is 2.51. The van der Waals surface area contributed by atoms with Crippen molar-refractivity contribution in [3.05, 3.63) is 41.1 Å². The molecule has 0 heterocycles. The monoisotopic (exact) mass is 151 g/mol. The summed E-state index contributed by atoms with van der Waals surface area (Å²) in [6.45, 7) is 3.11. The van der Waals surface area contributed by atoms with Crippen LogP contribution in [0.25, 0.3) is 0 Å². The van der Waals surface area contributed by atoms with Gasteiger partial charge in [-0.2, -0.15) is 0 Å². The first kappa shape index (κ1) is 8.24. The van der Waals surface area contributed by atoms with E-state index in [0.717, 1.165) is 5.56 Å². The second-order valence-electron chi connectivity index (χ2n) is 2.55. The van der Waals surface area contributed by atoms with E-state index in [-0.39, 0.29) is 0 Å². The Morgan fingerprint density at radius 3 is 2.45 bits per heavy atom. The summed E-state index contributed by atoms with van der Waals surface area (Å²) in [5.41, 5.74) is 1.11. The van der Waals surface area contributed by atoms with E-state index >= 15 is 0 Å². The van der Waals surface area contributed by atoms with Gasteiger partial charge in [-0.25, -0.2) is 0 Å². The predicted molar refractivity (Wildman–Crippen MR) is 45.0 cm³/mol. The number of benzene rings is 1. The predicted octanol–water partition coefficient (Wildman–Crippen LogP) is 0.589. The number of nitrogens with one attached hydrogen (secondary N) is 1. The fourth-order valence-corrected chi connectivity index (χ4v) is 0.949. The van der Waals surface area contributed by atoms with Gasteiger partial charge in [-0.3, -0.25) is 0 Å². The van der Waals surface area contributed by atoms with Crippen LogP contribution in [0.2, 0.25) is 0 Å². The molecule has 1 N–H and O–H groups in total. The molecule has 0 aliphatic carbocycles. The van der Waals surface area contributed by atoms with Crippen LogP contribution < -0.4 is 5.06 Å². The van der Waals surface area contributed by atoms with Crippen LogP contribution in [0.3, 0.4) is 0 Å². The molecule has 0 bridgehead atoms. The Hall–Kier alpha value is -0.860. The van der Waals surface area contributed by atoms with Crippen molar-refractivity contribution in [2.45, 2.75) is 13.5 Å². The lowest BCUT2D eigenvalue weighted by atomic mass is 10.2. The summed E-state index contributed by atoms with van der Waals surface area (Å²) < 4.78 is 0. The van der Waals surface area contributed by atoms with E-state index in [1.54, 1.807) is 0 Å². The van der Waals surface area contributed by atoms with Crippen molar-refractivity contribution in [1.82, 2.24) is 0 Å². The zero-order valence-electron chi connectivity index (χ0n) is 6.71. The second kappa shape index (κ2) is 4.11. The lowest BCUT2D eigenvalue weighted by molar-refractivity contribution is -0.860. The van der Waals surface area contributed by atoms with E-state index in [0.29, 0.717) is 18.2 Å². The highest BCUT2D eigenvalue weighted by Gasteiger charge is 1.94. The standard InChI is InChI=1S/C9H13NO/c1-2-10(11)8-9-6-4-3-5-7-9/h3-7,10H,2,8H2,1H3. The smallest absolute Gasteiger partial charge is 0.103 e. The van der Waals surface area contributed by atoms with Gasteiger partial charge >= 0.3 is 0 Å². The third-order valence-electron chi connectivity index (χ3n) is 1.64. The molecule has 60 valence electrons. The van der Waals surface area contributed by atoms with Crippen LogP contribution in [-0.4, -0.2) is 6.54 Å². The van der Waals surface area contributed by atoms with Crippen LogP contribution in [0.1, 0.15) is 12.5 Å². The number of hydrogen-bond acceptors (Lipinski definition) is 1. The average Bonchev–Trinajstić information content (AvgIpc) is 2.06. The lowest BCUT2D eigenvalue weighted by Gasteiger charge is -2.19. The first-order valence-corrected chi connectivity index (χ1v) is 3.88. The largest absolute Gasteiger partial charge is 0.634 e. The molecular formula is C9H13NO. The van der Waals surface area contributed by atoms with Crippen LogP contribution in [0.15, 0.2) is 30.3 Å². The van der Waals surface area contributed by atoms with Crippen molar-refractivity contribution in [2.75, 3.05) is 6.54 Å². The second-order valence-corrected chi connectivity index (χ2v) is 2.55. The highest BCUT2D eigenvalue weighted by atomic mass is 16.5. The van der Waals surface area contributed by atoms with Crippen molar-refractivity contribution in [2.24, 2.45) is 0 Å². The molecule has 1 aromatic rings. The van der Waals surface area contributed by atoms with Gasteiger partial charge in [0.1, 0.15) is 6.54 Å². The minimum Gasteiger partial charge on any atom is -0.634 e. The molecule has 0 fully saturated rings. The topological polar surface area (TPSA) is 27.5 Å². The van der Waals surface area contributed by atoms with E-state index in [1.807, 2.05) is 37.3 Å². The van der Waals surface area contributed by atoms with Gasteiger partial charge in [0.25, 0.3) is 0 Å². The molecule has 0 aliphatic heterocycles. The molecule has 2 nitrogen and oxygen atoms in total. The molecular weight excluding hydrogens is 138 g/mol. The van der Waals surface area contributed by atoms with Crippen molar-refractivity contribution in [1.29, 1.82) is 0 Å². The summed E-state index contributed by atoms with van der Waals surface area (Å²) in [4.78, 5) is 0. The van der Waals surface area contributed by atoms with Crippen molar-refractivity contribution in [3.63, 3.8) is 0 Å². The number of hydrogen-bond donors (Lipinski definition) is 1. The highest BCUT2D eigenvalue weighted by Crippen LogP contribution is 1.94. The Labute approximate surface area is 67.0 Å². The summed E-state index contributed by atoms with van der Waals surface area (Å²) in [6.07, 6.45) is 0. The van der Waals surface area contributed by atoms with Crippen molar-refractivity contribution < 1.29 is 5.06 Å². The van der Waals surface area contributed by atoms with Gasteiger partial charge in [-0.1, -0.05) is 30.3 Å². The fraction of sp³-hybridized carbons (Fsp3) is 0.333. The van der Waals surface area contributed by atoms with Gasteiger partial charge in [0.15, 0.2) is 0 Å². The number of hydroxylamine groups is 2. The van der Waals surface area contributed by atoms with E-state index in [9.17, 15) is 5.21 Å². The number of quaternary nitrogens is 1. The fourth-order valence-electron chi connectivity index (χ4n) is 0.949. The molecule has 0 aromatic heterocycles. The summed E-state index contributed by atoms with van der Waals surface area (Å²) in [5.74, 6) is 0. The van der Waals surface area contributed by atoms with Crippen LogP contribution in [0, 0.1) is 5.21 Å². The third kappa shape index (κ3) is 2.70. The molecule has 0 amide bonds. The Kier molecular flexibility index (Phi) is 3.08. The van der Waals surface area contributed by atoms with E-state index < -0.39 is 0 Å². The summed E-state index contributed by atoms with van der Waals surface area (Å²) in [7, 11) is 0. The number of rotatable bonds is 3. The van der Waals surface area contributed by atoms with Crippen LogP contribution in [0.5, 0.6) is 0 Å². The Bertz CT molecular complexity index is 198. The van der Waals surface area contributed by atoms with E-state index in [2.05, 4.69) is 0 Å². The zero-order chi connectivity index (χ0) is 8.10. The van der Waals surface area contributed by atoms with Gasteiger partial charge < -0.3 is 10.3 Å². The molecule has 1 unspecified atom stereocenters. The minimum absolute atomic E-state index is 0.302. The molecule has 0 saturated carbocycles. The van der Waals surface area contributed by atoms with Gasteiger partial charge in [0, 0.05) is 5.56 Å². The Morgan fingerprint density at radius 2 is 1.91 bits per heavy atom. The van der Waals surface area contributed by atoms with Gasteiger partial charge in [0.2, 0.25) is 0 Å². The third-order valence-corrected chi connectivity index (χ3v) is 1.64. The first-order chi connectivity index (χ1) is 5.33. The van der Waals surface area contributed by atoms with Gasteiger partial charge in [-0.05, 0) is 6.92 Å². The molecule has 1 atom stereocenters. The molecule has 0 radical (unpaired) electrons. The molecule has 0 saturated heterocycles. The molecule has 0 aliphatic rings. The maximum Gasteiger partial charge on any atom is 0.103 e. The summed E-state index contributed by atoms with van der Waals surface area (Å²) >= 11 is 0. The molecule has 11 heavy (non-hydrogen) atoms. The van der Waals surface area contributed by atoms with Crippen LogP contribution in [0.4, 0.5) is 0 Å². The maximum absolute atomic E-state index is 11.0. The molecule has 0 spiro atoms. The van der Waals surface area contributed by atoms with Crippen molar-refractivity contribution in [3.8, 4) is 0 Å². The average molecular weight is 151 g/mol. The maximum atomic E-state index is 11.0. The molecule has 2 heteroatoms. The normalized spacial score (nSPS) is 12.9. The summed E-state index contributed by atoms with van der Waals surface area (Å²) in [6, 6.07) is 9.83. The van der Waals surface area contributed by atoms with Crippen molar-refractivity contribution >= 4 is 0 Å². The van der Waals surface area contributed by atoms with E-state index in [1.165, 1.54) is 0 Å². The lowest BCUT2D eigenvalue weighted by Crippen LogP contribution is -3.05. The first-order valence-electron chi connectivity index (χ1n) is 3.88. The van der Waals surface area contributed by atoms with Gasteiger partial charge in [0.05, 0.1) is 6.54 Å². The molecule has 1 aromatic carbocycles.